The molecule has 2 aromatic heterocycles. The molecule has 0 atom stereocenters. The van der Waals surface area contributed by atoms with E-state index in [-0.39, 0.29) is 29.8 Å². The second-order valence-corrected chi connectivity index (χ2v) is 8.32. The van der Waals surface area contributed by atoms with Crippen molar-refractivity contribution in [3.8, 4) is 17.4 Å². The molecule has 0 N–H and O–H groups in total. The van der Waals surface area contributed by atoms with Crippen LogP contribution in [0, 0.1) is 25.2 Å². The fraction of sp³-hybridized carbons (Fsp3) is 0.346. The molecular weight excluding hydrogens is 418 g/mol. The van der Waals surface area contributed by atoms with E-state index in [2.05, 4.69) is 18.7 Å². The molecule has 0 aliphatic carbocycles. The lowest BCUT2D eigenvalue weighted by molar-refractivity contribution is -0.127. The predicted molar refractivity (Wildman–Crippen MR) is 125 cm³/mol. The largest absolute Gasteiger partial charge is 0.461 e. The highest BCUT2D eigenvalue weighted by molar-refractivity contribution is 5.96. The Labute approximate surface area is 192 Å². The summed E-state index contributed by atoms with van der Waals surface area (Å²) < 4.78 is 13.3. The molecule has 0 unspecified atom stereocenters. The molecule has 1 amide bonds. The summed E-state index contributed by atoms with van der Waals surface area (Å²) >= 11 is 0. The van der Waals surface area contributed by atoms with Gasteiger partial charge in [0.15, 0.2) is 0 Å². The Balaban J connectivity index is 1.83. The SMILES string of the molecule is C=CC(=O)N1CCC(n2cc(-c3oc4ccc(C)cc4c3C)c(C#N)c2C(=O)OCC)CC1. The molecule has 33 heavy (non-hydrogen) atoms. The molecule has 1 aromatic carbocycles. The van der Waals surface area contributed by atoms with Gasteiger partial charge in [-0.1, -0.05) is 18.2 Å². The third kappa shape index (κ3) is 3.93. The summed E-state index contributed by atoms with van der Waals surface area (Å²) in [5, 5.41) is 11.1. The van der Waals surface area contributed by atoms with Crippen LogP contribution in [-0.4, -0.2) is 41.0 Å². The highest BCUT2D eigenvalue weighted by Gasteiger charge is 2.32. The van der Waals surface area contributed by atoms with E-state index in [9.17, 15) is 14.9 Å². The van der Waals surface area contributed by atoms with Gasteiger partial charge in [0, 0.05) is 36.3 Å². The fourth-order valence-electron chi connectivity index (χ4n) is 4.59. The third-order valence-electron chi connectivity index (χ3n) is 6.29. The summed E-state index contributed by atoms with van der Waals surface area (Å²) in [7, 11) is 0. The van der Waals surface area contributed by atoms with Crippen molar-refractivity contribution in [1.82, 2.24) is 9.47 Å². The van der Waals surface area contributed by atoms with Crippen LogP contribution in [0.15, 0.2) is 41.5 Å². The number of likely N-dealkylation sites (tertiary alicyclic amines) is 1. The summed E-state index contributed by atoms with van der Waals surface area (Å²) in [6.45, 7) is 10.6. The lowest BCUT2D eigenvalue weighted by Crippen LogP contribution is -2.38. The van der Waals surface area contributed by atoms with Gasteiger partial charge < -0.3 is 18.6 Å². The number of carbonyl (C=O) groups excluding carboxylic acids is 2. The number of esters is 1. The summed E-state index contributed by atoms with van der Waals surface area (Å²) in [6.07, 6.45) is 4.46. The van der Waals surface area contributed by atoms with E-state index in [0.29, 0.717) is 37.3 Å². The fourth-order valence-corrected chi connectivity index (χ4v) is 4.59. The molecule has 1 aliphatic heterocycles. The summed E-state index contributed by atoms with van der Waals surface area (Å²) in [4.78, 5) is 26.7. The topological polar surface area (TPSA) is 88.5 Å². The first-order valence-electron chi connectivity index (χ1n) is 11.1. The molecule has 170 valence electrons. The van der Waals surface area contributed by atoms with Crippen molar-refractivity contribution >= 4 is 22.8 Å². The van der Waals surface area contributed by atoms with Crippen LogP contribution in [0.1, 0.15) is 53.0 Å². The zero-order valence-electron chi connectivity index (χ0n) is 19.2. The number of amides is 1. The smallest absolute Gasteiger partial charge is 0.356 e. The minimum absolute atomic E-state index is 0.0500. The Kier molecular flexibility index (Phi) is 6.10. The molecule has 1 saturated heterocycles. The number of aryl methyl sites for hydroxylation is 2. The van der Waals surface area contributed by atoms with E-state index >= 15 is 0 Å². The molecule has 0 bridgehead atoms. The van der Waals surface area contributed by atoms with Crippen LogP contribution in [-0.2, 0) is 9.53 Å². The van der Waals surface area contributed by atoms with E-state index in [1.165, 1.54) is 6.08 Å². The number of piperidine rings is 1. The zero-order valence-corrected chi connectivity index (χ0v) is 19.2. The highest BCUT2D eigenvalue weighted by atomic mass is 16.5. The second-order valence-electron chi connectivity index (χ2n) is 8.32. The van der Waals surface area contributed by atoms with Crippen LogP contribution >= 0.6 is 0 Å². The van der Waals surface area contributed by atoms with Gasteiger partial charge in [-0.3, -0.25) is 4.79 Å². The van der Waals surface area contributed by atoms with Crippen molar-refractivity contribution < 1.29 is 18.7 Å². The van der Waals surface area contributed by atoms with Crippen molar-refractivity contribution in [2.24, 2.45) is 0 Å². The summed E-state index contributed by atoms with van der Waals surface area (Å²) in [5.74, 6) is -0.0524. The Bertz CT molecular complexity index is 1280. The first-order valence-corrected chi connectivity index (χ1v) is 11.1. The van der Waals surface area contributed by atoms with E-state index < -0.39 is 5.97 Å². The number of hydrogen-bond acceptors (Lipinski definition) is 5. The molecule has 3 heterocycles. The van der Waals surface area contributed by atoms with Crippen LogP contribution in [0.25, 0.3) is 22.3 Å². The Hall–Kier alpha value is -3.79. The molecule has 0 radical (unpaired) electrons. The van der Waals surface area contributed by atoms with E-state index in [1.807, 2.05) is 36.7 Å². The van der Waals surface area contributed by atoms with Crippen molar-refractivity contribution in [3.63, 3.8) is 0 Å². The average Bonchev–Trinajstić information content (AvgIpc) is 3.36. The van der Waals surface area contributed by atoms with Crippen LogP contribution in [0.3, 0.4) is 0 Å². The Morgan fingerprint density at radius 3 is 2.67 bits per heavy atom. The number of nitriles is 1. The molecule has 0 spiro atoms. The van der Waals surface area contributed by atoms with Gasteiger partial charge in [0.05, 0.1) is 17.7 Å². The zero-order chi connectivity index (χ0) is 23.7. The number of ether oxygens (including phenoxy) is 1. The molecule has 7 nitrogen and oxygen atoms in total. The lowest BCUT2D eigenvalue weighted by Gasteiger charge is -2.32. The minimum atomic E-state index is -0.533. The molecule has 1 fully saturated rings. The monoisotopic (exact) mass is 445 g/mol. The third-order valence-corrected chi connectivity index (χ3v) is 6.29. The molecule has 1 aliphatic rings. The number of benzene rings is 1. The Morgan fingerprint density at radius 2 is 2.03 bits per heavy atom. The molecular formula is C26H27N3O4. The number of fused-ring (bicyclic) bond motifs is 1. The normalized spacial score (nSPS) is 14.3. The highest BCUT2D eigenvalue weighted by Crippen LogP contribution is 2.39. The Morgan fingerprint density at radius 1 is 1.30 bits per heavy atom. The number of hydrogen-bond donors (Lipinski definition) is 0. The van der Waals surface area contributed by atoms with Gasteiger partial charge in [0.1, 0.15) is 23.1 Å². The standard InChI is InChI=1S/C26H27N3O4/c1-5-23(30)28-11-9-18(10-12-28)29-15-21(20(14-27)24(29)26(31)32-6-2)25-17(4)19-13-16(3)7-8-22(19)33-25/h5,7-8,13,15,18H,1,6,9-12H2,2-4H3. The average molecular weight is 446 g/mol. The minimum Gasteiger partial charge on any atom is -0.461 e. The van der Waals surface area contributed by atoms with Gasteiger partial charge in [-0.15, -0.1) is 0 Å². The van der Waals surface area contributed by atoms with Gasteiger partial charge in [-0.05, 0) is 51.8 Å². The maximum Gasteiger partial charge on any atom is 0.356 e. The first-order chi connectivity index (χ1) is 15.9. The van der Waals surface area contributed by atoms with Crippen molar-refractivity contribution in [2.75, 3.05) is 19.7 Å². The maximum absolute atomic E-state index is 13.0. The summed E-state index contributed by atoms with van der Waals surface area (Å²) in [5.41, 5.74) is 3.83. The van der Waals surface area contributed by atoms with Gasteiger partial charge in [-0.25, -0.2) is 4.79 Å². The lowest BCUT2D eigenvalue weighted by atomic mass is 10.0. The van der Waals surface area contributed by atoms with Crippen molar-refractivity contribution in [2.45, 2.75) is 39.7 Å². The van der Waals surface area contributed by atoms with Crippen LogP contribution in [0.2, 0.25) is 0 Å². The van der Waals surface area contributed by atoms with Gasteiger partial charge in [0.25, 0.3) is 0 Å². The maximum atomic E-state index is 13.0. The number of aromatic nitrogens is 1. The van der Waals surface area contributed by atoms with Crippen molar-refractivity contribution in [3.05, 3.63) is 59.4 Å². The summed E-state index contributed by atoms with van der Waals surface area (Å²) in [6, 6.07) is 8.13. The van der Waals surface area contributed by atoms with E-state index in [1.54, 1.807) is 11.8 Å². The second kappa shape index (κ2) is 8.99. The number of nitrogens with zero attached hydrogens (tertiary/aromatic N) is 3. The molecule has 0 saturated carbocycles. The van der Waals surface area contributed by atoms with Gasteiger partial charge >= 0.3 is 5.97 Å². The molecule has 3 aromatic rings. The first kappa shape index (κ1) is 22.4. The quantitative estimate of drug-likeness (QED) is 0.411. The van der Waals surface area contributed by atoms with Crippen molar-refractivity contribution in [1.29, 1.82) is 5.26 Å². The molecule has 4 rings (SSSR count). The van der Waals surface area contributed by atoms with Gasteiger partial charge in [-0.2, -0.15) is 5.26 Å². The predicted octanol–water partition coefficient (Wildman–Crippen LogP) is 4.92. The van der Waals surface area contributed by atoms with E-state index in [4.69, 9.17) is 9.15 Å². The van der Waals surface area contributed by atoms with Crippen LogP contribution in [0.5, 0.6) is 0 Å². The number of carbonyl (C=O) groups is 2. The number of furan rings is 1. The number of rotatable bonds is 5. The van der Waals surface area contributed by atoms with Crippen LogP contribution in [0.4, 0.5) is 0 Å². The van der Waals surface area contributed by atoms with Crippen LogP contribution < -0.4 is 0 Å². The molecule has 7 heteroatoms. The van der Waals surface area contributed by atoms with E-state index in [0.717, 1.165) is 22.1 Å². The van der Waals surface area contributed by atoms with Gasteiger partial charge in [0.2, 0.25) is 5.91 Å².